The van der Waals surface area contributed by atoms with Gasteiger partial charge in [-0.1, -0.05) is 61.2 Å². The molecule has 0 radical (unpaired) electrons. The monoisotopic (exact) mass is 628 g/mol. The number of rotatable bonds is 8. The lowest BCUT2D eigenvalue weighted by atomic mass is 9.90. The molecule has 2 aliphatic heterocycles. The Bertz CT molecular complexity index is 1510. The van der Waals surface area contributed by atoms with Crippen molar-refractivity contribution in [2.75, 3.05) is 19.6 Å². The summed E-state index contributed by atoms with van der Waals surface area (Å²) in [5, 5.41) is 14.8. The zero-order valence-electron chi connectivity index (χ0n) is 26.5. The van der Waals surface area contributed by atoms with E-state index in [0.29, 0.717) is 18.2 Å². The number of halogens is 1. The molecule has 2 aromatic carbocycles. The maximum Gasteiger partial charge on any atom is 0.318 e. The van der Waals surface area contributed by atoms with E-state index in [1.54, 1.807) is 13.8 Å². The van der Waals surface area contributed by atoms with Crippen molar-refractivity contribution in [3.63, 3.8) is 0 Å². The first-order valence-corrected chi connectivity index (χ1v) is 16.8. The topological polar surface area (TPSA) is 77.9 Å². The van der Waals surface area contributed by atoms with Crippen LogP contribution >= 0.6 is 11.6 Å². The van der Waals surface area contributed by atoms with E-state index in [0.717, 1.165) is 84.6 Å². The molecule has 6 rings (SSSR count). The van der Waals surface area contributed by atoms with Gasteiger partial charge < -0.3 is 25.0 Å². The molecule has 238 valence electrons. The highest BCUT2D eigenvalue weighted by atomic mass is 35.5. The van der Waals surface area contributed by atoms with E-state index in [1.165, 1.54) is 19.3 Å². The molecule has 7 nitrogen and oxygen atoms in total. The molecule has 0 unspecified atom stereocenters. The second-order valence-corrected chi connectivity index (χ2v) is 13.7. The Balaban J connectivity index is 1.18. The summed E-state index contributed by atoms with van der Waals surface area (Å²) in [7, 11) is 0. The van der Waals surface area contributed by atoms with E-state index < -0.39 is 5.60 Å². The van der Waals surface area contributed by atoms with Crippen LogP contribution < -0.4 is 10.1 Å². The van der Waals surface area contributed by atoms with Crippen LogP contribution in [0.3, 0.4) is 0 Å². The zero-order chi connectivity index (χ0) is 31.4. The van der Waals surface area contributed by atoms with Crippen molar-refractivity contribution >= 4 is 23.2 Å². The third-order valence-electron chi connectivity index (χ3n) is 9.46. The van der Waals surface area contributed by atoms with Crippen molar-refractivity contribution in [1.29, 1.82) is 0 Å². The number of likely N-dealkylation sites (tertiary alicyclic amines) is 1. The van der Waals surface area contributed by atoms with Crippen LogP contribution in [0, 0.1) is 0 Å². The summed E-state index contributed by atoms with van der Waals surface area (Å²) in [5.41, 5.74) is 5.02. The zero-order valence-corrected chi connectivity index (χ0v) is 27.2. The number of nitrogens with zero attached hydrogens (tertiary/aromatic N) is 3. The Morgan fingerprint density at radius 2 is 1.91 bits per heavy atom. The lowest BCUT2D eigenvalue weighted by molar-refractivity contribution is 0.0785. The molecule has 3 heterocycles. The lowest BCUT2D eigenvalue weighted by Crippen LogP contribution is -2.50. The molecule has 1 aliphatic carbocycles. The number of benzene rings is 2. The summed E-state index contributed by atoms with van der Waals surface area (Å²) in [5.74, 6) is 0.801. The maximum atomic E-state index is 13.7. The number of carbonyl (C=O) groups is 1. The van der Waals surface area contributed by atoms with Crippen LogP contribution in [0.25, 0.3) is 5.57 Å². The molecular weight excluding hydrogens is 584 g/mol. The van der Waals surface area contributed by atoms with Gasteiger partial charge in [-0.25, -0.2) is 4.79 Å². The van der Waals surface area contributed by atoms with Gasteiger partial charge in [0.1, 0.15) is 12.4 Å². The Labute approximate surface area is 272 Å². The van der Waals surface area contributed by atoms with Crippen molar-refractivity contribution in [1.82, 2.24) is 20.1 Å². The first-order chi connectivity index (χ1) is 21.7. The molecule has 0 spiro atoms. The summed E-state index contributed by atoms with van der Waals surface area (Å²) in [6, 6.07) is 18.3. The number of carbonyl (C=O) groups excluding carboxylic acids is 1. The number of hydrogen-bond acceptors (Lipinski definition) is 5. The highest BCUT2D eigenvalue weighted by Gasteiger charge is 2.32. The van der Waals surface area contributed by atoms with E-state index in [9.17, 15) is 9.90 Å². The molecular formula is C37H45ClN4O3. The Morgan fingerprint density at radius 1 is 1.11 bits per heavy atom. The second-order valence-electron chi connectivity index (χ2n) is 13.2. The van der Waals surface area contributed by atoms with E-state index in [2.05, 4.69) is 38.3 Å². The summed E-state index contributed by atoms with van der Waals surface area (Å²) >= 11 is 6.16. The van der Waals surface area contributed by atoms with Crippen molar-refractivity contribution < 1.29 is 14.6 Å². The van der Waals surface area contributed by atoms with E-state index >= 15 is 0 Å². The van der Waals surface area contributed by atoms with Crippen LogP contribution in [-0.4, -0.2) is 57.6 Å². The van der Waals surface area contributed by atoms with Crippen molar-refractivity contribution in [3.8, 4) is 5.75 Å². The van der Waals surface area contributed by atoms with Crippen LogP contribution in [0.2, 0.25) is 5.02 Å². The summed E-state index contributed by atoms with van der Waals surface area (Å²) in [6.45, 7) is 7.26. The van der Waals surface area contributed by atoms with Gasteiger partial charge in [-0.3, -0.25) is 4.98 Å². The highest BCUT2D eigenvalue weighted by Crippen LogP contribution is 2.38. The molecule has 3 aromatic rings. The molecule has 1 aromatic heterocycles. The molecule has 2 amide bonds. The van der Waals surface area contributed by atoms with Crippen LogP contribution in [0.15, 0.2) is 66.9 Å². The molecule has 2 N–H and O–H groups in total. The highest BCUT2D eigenvalue weighted by molar-refractivity contribution is 6.30. The number of aliphatic hydroxyl groups is 1. The smallest absolute Gasteiger partial charge is 0.318 e. The van der Waals surface area contributed by atoms with Crippen LogP contribution in [0.1, 0.15) is 86.7 Å². The summed E-state index contributed by atoms with van der Waals surface area (Å²) < 4.78 is 6.18. The Kier molecular flexibility index (Phi) is 9.78. The van der Waals surface area contributed by atoms with Crippen molar-refractivity contribution in [3.05, 3.63) is 99.8 Å². The number of ether oxygens (including phenoxy) is 1. The number of urea groups is 1. The molecule has 2 fully saturated rings. The normalized spacial score (nSPS) is 19.8. The number of aromatic nitrogens is 1. The fraction of sp³-hybridized carbons (Fsp3) is 0.459. The standard InChI is InChI=1S/C37H45ClN4O3/c1-37(2,44)27-14-17-35-33(22-27)31(32-10-6-19-39-34(32)25-45-35)11-7-20-41-21-18-30(24-41)42(23-26-12-15-28(38)16-13-26)36(43)40-29-8-4-3-5-9-29/h6,10-17,19,22,29-30,44H,3-5,7-9,18,20-21,23-25H2,1-2H3,(H,40,43)/t30-/m0/s1. The second kappa shape index (κ2) is 13.9. The number of amides is 2. The Morgan fingerprint density at radius 3 is 2.69 bits per heavy atom. The van der Waals surface area contributed by atoms with Gasteiger partial charge in [0.05, 0.1) is 11.3 Å². The average molecular weight is 629 g/mol. The van der Waals surface area contributed by atoms with Crippen LogP contribution in [-0.2, 0) is 18.8 Å². The molecule has 1 saturated carbocycles. The van der Waals surface area contributed by atoms with Gasteiger partial charge in [0.15, 0.2) is 0 Å². The van der Waals surface area contributed by atoms with E-state index in [1.807, 2.05) is 48.7 Å². The summed E-state index contributed by atoms with van der Waals surface area (Å²) in [6.07, 6.45) is 11.6. The quantitative estimate of drug-likeness (QED) is 0.274. The maximum absolute atomic E-state index is 13.7. The number of nitrogens with one attached hydrogen (secondary N) is 1. The van der Waals surface area contributed by atoms with Gasteiger partial charge in [0, 0.05) is 60.6 Å². The molecule has 45 heavy (non-hydrogen) atoms. The fourth-order valence-corrected chi connectivity index (χ4v) is 7.00. The number of hydrogen-bond donors (Lipinski definition) is 2. The van der Waals surface area contributed by atoms with Crippen molar-refractivity contribution in [2.24, 2.45) is 0 Å². The van der Waals surface area contributed by atoms with E-state index in [-0.39, 0.29) is 18.1 Å². The molecule has 1 saturated heterocycles. The molecule has 3 aliphatic rings. The van der Waals surface area contributed by atoms with Gasteiger partial charge in [0.25, 0.3) is 0 Å². The largest absolute Gasteiger partial charge is 0.487 e. The molecule has 1 atom stereocenters. The van der Waals surface area contributed by atoms with Gasteiger partial charge in [-0.15, -0.1) is 0 Å². The third-order valence-corrected chi connectivity index (χ3v) is 9.71. The van der Waals surface area contributed by atoms with Crippen LogP contribution in [0.4, 0.5) is 4.79 Å². The minimum absolute atomic E-state index is 0.0487. The van der Waals surface area contributed by atoms with Gasteiger partial charge in [0.2, 0.25) is 0 Å². The predicted molar refractivity (Wildman–Crippen MR) is 179 cm³/mol. The third kappa shape index (κ3) is 7.71. The fourth-order valence-electron chi connectivity index (χ4n) is 6.88. The van der Waals surface area contributed by atoms with Gasteiger partial charge in [-0.2, -0.15) is 0 Å². The van der Waals surface area contributed by atoms with Crippen LogP contribution in [0.5, 0.6) is 5.75 Å². The SMILES string of the molecule is CC(C)(O)c1ccc2c(c1)C(=CCCN1CC[C@H](N(Cc3ccc(Cl)cc3)C(=O)NC3CCCCC3)C1)c1cccnc1CO2. The van der Waals surface area contributed by atoms with Gasteiger partial charge >= 0.3 is 6.03 Å². The minimum Gasteiger partial charge on any atom is -0.487 e. The first kappa shape index (κ1) is 31.6. The van der Waals surface area contributed by atoms with Gasteiger partial charge in [-0.05, 0) is 86.6 Å². The molecule has 0 bridgehead atoms. The molecule has 8 heteroatoms. The predicted octanol–water partition coefficient (Wildman–Crippen LogP) is 7.30. The number of fused-ring (bicyclic) bond motifs is 2. The first-order valence-electron chi connectivity index (χ1n) is 16.4. The Hall–Kier alpha value is -3.39. The van der Waals surface area contributed by atoms with Crippen molar-refractivity contribution in [2.45, 2.75) is 89.6 Å². The minimum atomic E-state index is -0.962. The van der Waals surface area contributed by atoms with E-state index in [4.69, 9.17) is 16.3 Å². The number of pyridine rings is 1. The average Bonchev–Trinajstić information content (AvgIpc) is 3.44. The summed E-state index contributed by atoms with van der Waals surface area (Å²) in [4.78, 5) is 22.8. The lowest BCUT2D eigenvalue weighted by Gasteiger charge is -2.32.